The Hall–Kier alpha value is -3.03. The van der Waals surface area contributed by atoms with Gasteiger partial charge in [-0.25, -0.2) is 0 Å². The van der Waals surface area contributed by atoms with Crippen molar-refractivity contribution in [2.45, 2.75) is 38.5 Å². The summed E-state index contributed by atoms with van der Waals surface area (Å²) in [6.07, 6.45) is 1.16. The largest absolute Gasteiger partial charge is 0.375 e. The first kappa shape index (κ1) is 20.8. The van der Waals surface area contributed by atoms with Crippen LogP contribution in [0.2, 0.25) is 0 Å². The van der Waals surface area contributed by atoms with Gasteiger partial charge < -0.3 is 14.6 Å². The molecular formula is C25H28N4O3. The Labute approximate surface area is 187 Å². The third kappa shape index (κ3) is 4.18. The molecule has 32 heavy (non-hydrogen) atoms. The van der Waals surface area contributed by atoms with Crippen molar-refractivity contribution in [2.75, 3.05) is 19.7 Å². The van der Waals surface area contributed by atoms with E-state index in [1.54, 1.807) is 6.07 Å². The molecule has 2 saturated heterocycles. The van der Waals surface area contributed by atoms with E-state index in [4.69, 9.17) is 9.26 Å². The molecule has 3 heterocycles. The molecule has 0 spiro atoms. The topological polar surface area (TPSA) is 80.5 Å². The van der Waals surface area contributed by atoms with Crippen molar-refractivity contribution < 1.29 is 14.1 Å². The molecule has 7 heteroatoms. The predicted molar refractivity (Wildman–Crippen MR) is 121 cm³/mol. The number of nitrogens with one attached hydrogen (secondary N) is 1. The molecule has 0 radical (unpaired) electrons. The molecule has 2 fully saturated rings. The van der Waals surface area contributed by atoms with E-state index in [9.17, 15) is 4.79 Å². The fraction of sp³-hybridized carbons (Fsp3) is 0.400. The quantitative estimate of drug-likeness (QED) is 0.663. The summed E-state index contributed by atoms with van der Waals surface area (Å²) in [6.45, 7) is 6.89. The Kier molecular flexibility index (Phi) is 5.76. The number of morpholine rings is 1. The second kappa shape index (κ2) is 8.84. The van der Waals surface area contributed by atoms with Gasteiger partial charge in [-0.15, -0.1) is 0 Å². The number of aromatic nitrogens is 2. The van der Waals surface area contributed by atoms with Crippen molar-refractivity contribution in [3.05, 3.63) is 60.2 Å². The number of fused-ring (bicyclic) bond motifs is 1. The number of hydrogen-bond donors (Lipinski definition) is 1. The van der Waals surface area contributed by atoms with Crippen LogP contribution in [0, 0.1) is 5.92 Å². The first-order valence-electron chi connectivity index (χ1n) is 11.2. The van der Waals surface area contributed by atoms with Crippen LogP contribution in [0.25, 0.3) is 22.8 Å². The van der Waals surface area contributed by atoms with Crippen molar-refractivity contribution in [3.63, 3.8) is 0 Å². The lowest BCUT2D eigenvalue weighted by Crippen LogP contribution is -2.48. The summed E-state index contributed by atoms with van der Waals surface area (Å²) in [4.78, 5) is 20.2. The Balaban J connectivity index is 1.31. The zero-order valence-electron chi connectivity index (χ0n) is 18.4. The average Bonchev–Trinajstić information content (AvgIpc) is 3.46. The summed E-state index contributed by atoms with van der Waals surface area (Å²) in [6, 6.07) is 17.5. The fourth-order valence-electron chi connectivity index (χ4n) is 4.58. The summed E-state index contributed by atoms with van der Waals surface area (Å²) in [5.74, 6) is 1.22. The van der Waals surface area contributed by atoms with Gasteiger partial charge in [0, 0.05) is 30.7 Å². The number of benzene rings is 2. The smallest absolute Gasteiger partial charge is 0.259 e. The number of nitrogens with zero attached hydrogens (tertiary/aromatic N) is 3. The number of carbonyl (C=O) groups excluding carboxylic acids is 1. The summed E-state index contributed by atoms with van der Waals surface area (Å²) in [5.41, 5.74) is 2.05. The molecule has 0 saturated carbocycles. The van der Waals surface area contributed by atoms with Crippen molar-refractivity contribution in [2.24, 2.45) is 5.92 Å². The minimum atomic E-state index is -0.119. The second-order valence-corrected chi connectivity index (χ2v) is 8.96. The maximum absolute atomic E-state index is 13.2. The van der Waals surface area contributed by atoms with Gasteiger partial charge in [-0.2, -0.15) is 4.98 Å². The second-order valence-electron chi connectivity index (χ2n) is 8.96. The van der Waals surface area contributed by atoms with Crippen molar-refractivity contribution in [1.29, 1.82) is 0 Å². The molecule has 0 aliphatic carbocycles. The highest BCUT2D eigenvalue weighted by Crippen LogP contribution is 2.28. The molecule has 1 aromatic heterocycles. The molecule has 166 valence electrons. The van der Waals surface area contributed by atoms with Crippen LogP contribution in [0.4, 0.5) is 0 Å². The van der Waals surface area contributed by atoms with Gasteiger partial charge in [0.1, 0.15) is 0 Å². The Morgan fingerprint density at radius 1 is 1.09 bits per heavy atom. The molecule has 3 aromatic rings. The molecule has 5 rings (SSSR count). The number of rotatable bonds is 5. The molecule has 0 unspecified atom stereocenters. The van der Waals surface area contributed by atoms with Gasteiger partial charge in [-0.1, -0.05) is 61.5 Å². The highest BCUT2D eigenvalue weighted by atomic mass is 16.5. The van der Waals surface area contributed by atoms with E-state index in [1.165, 1.54) is 0 Å². The van der Waals surface area contributed by atoms with Gasteiger partial charge in [-0.05, 0) is 24.5 Å². The highest BCUT2D eigenvalue weighted by Gasteiger charge is 2.38. The summed E-state index contributed by atoms with van der Waals surface area (Å²) < 4.78 is 11.5. The van der Waals surface area contributed by atoms with Crippen LogP contribution in [-0.4, -0.2) is 58.8 Å². The zero-order valence-corrected chi connectivity index (χ0v) is 18.4. The maximum atomic E-state index is 13.2. The third-order valence-electron chi connectivity index (χ3n) is 6.38. The van der Waals surface area contributed by atoms with E-state index in [-0.39, 0.29) is 18.1 Å². The van der Waals surface area contributed by atoms with E-state index < -0.39 is 0 Å². The minimum Gasteiger partial charge on any atom is -0.375 e. The maximum Gasteiger partial charge on any atom is 0.259 e. The monoisotopic (exact) mass is 432 g/mol. The van der Waals surface area contributed by atoms with E-state index in [0.717, 1.165) is 31.7 Å². The summed E-state index contributed by atoms with van der Waals surface area (Å²) >= 11 is 0. The molecule has 2 aromatic carbocycles. The van der Waals surface area contributed by atoms with Crippen LogP contribution in [0.1, 0.15) is 30.6 Å². The Morgan fingerprint density at radius 2 is 1.88 bits per heavy atom. The van der Waals surface area contributed by atoms with Gasteiger partial charge in [0.15, 0.2) is 0 Å². The minimum absolute atomic E-state index is 0.0950. The first-order chi connectivity index (χ1) is 15.6. The zero-order chi connectivity index (χ0) is 22.1. The van der Waals surface area contributed by atoms with Crippen LogP contribution >= 0.6 is 0 Å². The highest BCUT2D eigenvalue weighted by molar-refractivity contribution is 6.00. The number of amides is 1. The van der Waals surface area contributed by atoms with Gasteiger partial charge in [0.25, 0.3) is 11.8 Å². The SMILES string of the molecule is CC(C)[C@@H]1CN2C[C@H](NC(=O)c3ccccc3-c3nc(-c4ccccc4)no3)C[C@H]2CO1. The van der Waals surface area contributed by atoms with Crippen molar-refractivity contribution in [3.8, 4) is 22.8 Å². The van der Waals surface area contributed by atoms with Crippen LogP contribution in [0.5, 0.6) is 0 Å². The Bertz CT molecular complexity index is 1080. The lowest BCUT2D eigenvalue weighted by Gasteiger charge is -2.36. The van der Waals surface area contributed by atoms with Crippen molar-refractivity contribution in [1.82, 2.24) is 20.4 Å². The Morgan fingerprint density at radius 3 is 2.69 bits per heavy atom. The lowest BCUT2D eigenvalue weighted by molar-refractivity contribution is -0.0683. The van der Waals surface area contributed by atoms with E-state index >= 15 is 0 Å². The van der Waals surface area contributed by atoms with Crippen molar-refractivity contribution >= 4 is 5.91 Å². The standard InChI is InChI=1S/C25H28N4O3/c1-16(2)22-14-29-13-18(12-19(29)15-31-22)26-24(30)20-10-6-7-11-21(20)25-27-23(28-32-25)17-8-4-3-5-9-17/h3-11,16,18-19,22H,12-15H2,1-2H3,(H,26,30)/t18-,19+,22+/m1/s1. The first-order valence-corrected chi connectivity index (χ1v) is 11.2. The van der Waals surface area contributed by atoms with E-state index in [0.29, 0.717) is 34.8 Å². The molecular weight excluding hydrogens is 404 g/mol. The summed E-state index contributed by atoms with van der Waals surface area (Å²) in [5, 5.41) is 7.32. The molecule has 3 atom stereocenters. The average molecular weight is 433 g/mol. The van der Waals surface area contributed by atoms with Crippen LogP contribution < -0.4 is 5.32 Å². The molecule has 1 N–H and O–H groups in total. The van der Waals surface area contributed by atoms with Gasteiger partial charge >= 0.3 is 0 Å². The molecule has 2 aliphatic rings. The predicted octanol–water partition coefficient (Wildman–Crippen LogP) is 3.63. The van der Waals surface area contributed by atoms with Crippen LogP contribution in [0.3, 0.4) is 0 Å². The molecule has 1 amide bonds. The molecule has 7 nitrogen and oxygen atoms in total. The van der Waals surface area contributed by atoms with E-state index in [2.05, 4.69) is 34.2 Å². The van der Waals surface area contributed by atoms with Gasteiger partial charge in [0.2, 0.25) is 5.82 Å². The van der Waals surface area contributed by atoms with E-state index in [1.807, 2.05) is 48.5 Å². The molecule has 2 aliphatic heterocycles. The van der Waals surface area contributed by atoms with Crippen LogP contribution in [-0.2, 0) is 4.74 Å². The normalized spacial score (nSPS) is 23.3. The third-order valence-corrected chi connectivity index (χ3v) is 6.38. The number of hydrogen-bond acceptors (Lipinski definition) is 6. The fourth-order valence-corrected chi connectivity index (χ4v) is 4.58. The lowest BCUT2D eigenvalue weighted by atomic mass is 10.0. The summed E-state index contributed by atoms with van der Waals surface area (Å²) in [7, 11) is 0. The van der Waals surface area contributed by atoms with Crippen LogP contribution in [0.15, 0.2) is 59.1 Å². The van der Waals surface area contributed by atoms with Gasteiger partial charge in [0.05, 0.1) is 23.8 Å². The number of ether oxygens (including phenoxy) is 1. The molecule has 0 bridgehead atoms. The number of carbonyl (C=O) groups is 1. The van der Waals surface area contributed by atoms with Gasteiger partial charge in [-0.3, -0.25) is 9.69 Å².